The third-order valence-electron chi connectivity index (χ3n) is 4.15. The highest BCUT2D eigenvalue weighted by molar-refractivity contribution is 6.32. The van der Waals surface area contributed by atoms with E-state index in [0.717, 1.165) is 24.4 Å². The summed E-state index contributed by atoms with van der Waals surface area (Å²) in [4.78, 5) is 19.6. The Balaban J connectivity index is 1.82. The van der Waals surface area contributed by atoms with Crippen LogP contribution in [0.4, 0.5) is 28.0 Å². The second-order valence-corrected chi connectivity index (χ2v) is 6.65. The highest BCUT2D eigenvalue weighted by atomic mass is 35.5. The van der Waals surface area contributed by atoms with Crippen LogP contribution in [-0.4, -0.2) is 43.4 Å². The van der Waals surface area contributed by atoms with Gasteiger partial charge in [0.05, 0.1) is 12.8 Å². The SMILES string of the molecule is NC1=N[C@@](c2cc(NC(=O)Oc3ncc(OCF)cc3Cl)ccc2F)(C(F)F)COC1. The first-order chi connectivity index (χ1) is 14.7. The van der Waals surface area contributed by atoms with E-state index in [9.17, 15) is 22.4 Å². The molecule has 8 nitrogen and oxygen atoms in total. The zero-order chi connectivity index (χ0) is 22.6. The number of amides is 1. The molecule has 1 aromatic heterocycles. The number of hydrogen-bond donors (Lipinski definition) is 2. The number of ether oxygens (including phenoxy) is 3. The topological polar surface area (TPSA) is 108 Å². The molecular formula is C18H15ClF4N4O4. The van der Waals surface area contributed by atoms with Crippen LogP contribution in [0.3, 0.4) is 0 Å². The molecular weight excluding hydrogens is 448 g/mol. The Morgan fingerprint density at radius 2 is 2.16 bits per heavy atom. The van der Waals surface area contributed by atoms with Crippen molar-refractivity contribution in [3.05, 3.63) is 46.9 Å². The molecule has 0 saturated carbocycles. The summed E-state index contributed by atoms with van der Waals surface area (Å²) >= 11 is 5.88. The van der Waals surface area contributed by atoms with Crippen LogP contribution in [0.1, 0.15) is 5.56 Å². The van der Waals surface area contributed by atoms with Gasteiger partial charge in [-0.2, -0.15) is 0 Å². The Morgan fingerprint density at radius 1 is 1.39 bits per heavy atom. The lowest BCUT2D eigenvalue weighted by Crippen LogP contribution is -2.45. The monoisotopic (exact) mass is 462 g/mol. The summed E-state index contributed by atoms with van der Waals surface area (Å²) in [5.74, 6) is -1.52. The van der Waals surface area contributed by atoms with Gasteiger partial charge in [-0.05, 0) is 18.2 Å². The fraction of sp³-hybridized carbons (Fsp3) is 0.278. The number of alkyl halides is 3. The molecule has 0 fully saturated rings. The second kappa shape index (κ2) is 9.35. The summed E-state index contributed by atoms with van der Waals surface area (Å²) in [5, 5.41) is 2.10. The minimum Gasteiger partial charge on any atom is -0.461 e. The average molecular weight is 463 g/mol. The molecule has 0 bridgehead atoms. The number of rotatable bonds is 6. The lowest BCUT2D eigenvalue weighted by atomic mass is 9.90. The highest BCUT2D eigenvalue weighted by Gasteiger charge is 2.46. The maximum atomic E-state index is 14.4. The molecule has 0 radical (unpaired) electrons. The van der Waals surface area contributed by atoms with E-state index < -0.39 is 42.9 Å². The third kappa shape index (κ3) is 4.97. The van der Waals surface area contributed by atoms with E-state index in [4.69, 9.17) is 26.8 Å². The van der Waals surface area contributed by atoms with Gasteiger partial charge in [0.25, 0.3) is 6.43 Å². The third-order valence-corrected chi connectivity index (χ3v) is 4.42. The summed E-state index contributed by atoms with van der Waals surface area (Å²) in [5.41, 5.74) is 2.55. The van der Waals surface area contributed by atoms with Crippen LogP contribution in [0.2, 0.25) is 5.02 Å². The van der Waals surface area contributed by atoms with Crippen molar-refractivity contribution in [2.45, 2.75) is 12.0 Å². The number of hydrogen-bond acceptors (Lipinski definition) is 7. The number of aliphatic imine (C=N–C) groups is 1. The molecule has 31 heavy (non-hydrogen) atoms. The van der Waals surface area contributed by atoms with E-state index in [0.29, 0.717) is 0 Å². The first-order valence-electron chi connectivity index (χ1n) is 8.58. The molecule has 0 aliphatic carbocycles. The molecule has 3 rings (SSSR count). The van der Waals surface area contributed by atoms with Gasteiger partial charge in [0.1, 0.15) is 29.0 Å². The van der Waals surface area contributed by atoms with Crippen molar-refractivity contribution in [2.24, 2.45) is 10.7 Å². The molecule has 1 aliphatic heterocycles. The van der Waals surface area contributed by atoms with Gasteiger partial charge in [0.2, 0.25) is 12.7 Å². The molecule has 166 valence electrons. The predicted octanol–water partition coefficient (Wildman–Crippen LogP) is 3.64. The minimum absolute atomic E-state index is 0.00950. The summed E-state index contributed by atoms with van der Waals surface area (Å²) in [6.07, 6.45) is -3.17. The van der Waals surface area contributed by atoms with Crippen molar-refractivity contribution in [3.63, 3.8) is 0 Å². The number of amidine groups is 1. The molecule has 1 aliphatic rings. The van der Waals surface area contributed by atoms with Gasteiger partial charge in [0, 0.05) is 17.3 Å². The summed E-state index contributed by atoms with van der Waals surface area (Å²) in [6.45, 7) is -1.88. The number of aromatic nitrogens is 1. The molecule has 1 aromatic carbocycles. The maximum Gasteiger partial charge on any atom is 0.418 e. The van der Waals surface area contributed by atoms with Crippen LogP contribution >= 0.6 is 11.6 Å². The first-order valence-corrected chi connectivity index (χ1v) is 8.96. The smallest absolute Gasteiger partial charge is 0.418 e. The van der Waals surface area contributed by atoms with Crippen LogP contribution in [-0.2, 0) is 10.3 Å². The quantitative estimate of drug-likeness (QED) is 0.635. The number of carbonyl (C=O) groups excluding carboxylic acids is 1. The first kappa shape index (κ1) is 22.6. The lowest BCUT2D eigenvalue weighted by molar-refractivity contribution is -0.0145. The standard InChI is InChI=1S/C18H15ClF4N4O4/c19-12-4-10(30-8-20)5-25-15(12)31-17(28)26-9-1-2-13(21)11(3-9)18(16(22)23)7-29-6-14(24)27-18/h1-5,16H,6-8H2,(H2,24,27)(H,26,28)/t18-/m0/s1. The van der Waals surface area contributed by atoms with Crippen molar-refractivity contribution in [1.82, 2.24) is 4.98 Å². The number of halogens is 5. The molecule has 3 N–H and O–H groups in total. The van der Waals surface area contributed by atoms with E-state index in [2.05, 4.69) is 20.0 Å². The average Bonchev–Trinajstić information content (AvgIpc) is 2.71. The fourth-order valence-corrected chi connectivity index (χ4v) is 2.99. The predicted molar refractivity (Wildman–Crippen MR) is 102 cm³/mol. The van der Waals surface area contributed by atoms with Crippen molar-refractivity contribution in [1.29, 1.82) is 0 Å². The van der Waals surface area contributed by atoms with Crippen molar-refractivity contribution in [3.8, 4) is 11.6 Å². The van der Waals surface area contributed by atoms with Crippen molar-refractivity contribution < 1.29 is 36.6 Å². The van der Waals surface area contributed by atoms with Gasteiger partial charge >= 0.3 is 6.09 Å². The van der Waals surface area contributed by atoms with Crippen LogP contribution in [0, 0.1) is 5.82 Å². The molecule has 2 heterocycles. The Kier molecular flexibility index (Phi) is 6.81. The van der Waals surface area contributed by atoms with Crippen molar-refractivity contribution in [2.75, 3.05) is 25.4 Å². The number of nitrogens with two attached hydrogens (primary N) is 1. The van der Waals surface area contributed by atoms with E-state index >= 15 is 0 Å². The van der Waals surface area contributed by atoms with E-state index in [-0.39, 0.29) is 34.8 Å². The van der Waals surface area contributed by atoms with Crippen LogP contribution in [0.25, 0.3) is 0 Å². The van der Waals surface area contributed by atoms with Gasteiger partial charge in [-0.15, -0.1) is 0 Å². The number of pyridine rings is 1. The van der Waals surface area contributed by atoms with E-state index in [1.165, 1.54) is 6.07 Å². The zero-order valence-corrected chi connectivity index (χ0v) is 16.3. The van der Waals surface area contributed by atoms with Gasteiger partial charge in [-0.1, -0.05) is 11.6 Å². The normalized spacial score (nSPS) is 18.5. The minimum atomic E-state index is -3.14. The van der Waals surface area contributed by atoms with E-state index in [1.807, 2.05) is 0 Å². The molecule has 0 spiro atoms. The number of nitrogens with zero attached hydrogens (tertiary/aromatic N) is 2. The Bertz CT molecular complexity index is 1010. The number of anilines is 1. The summed E-state index contributed by atoms with van der Waals surface area (Å²) in [7, 11) is 0. The fourth-order valence-electron chi connectivity index (χ4n) is 2.79. The molecule has 0 unspecified atom stereocenters. The molecule has 13 heteroatoms. The van der Waals surface area contributed by atoms with Gasteiger partial charge < -0.3 is 19.9 Å². The van der Waals surface area contributed by atoms with Crippen LogP contribution in [0.15, 0.2) is 35.5 Å². The van der Waals surface area contributed by atoms with Gasteiger partial charge in [-0.25, -0.2) is 27.3 Å². The Hall–Kier alpha value is -3.12. The van der Waals surface area contributed by atoms with Gasteiger partial charge in [-0.3, -0.25) is 10.3 Å². The van der Waals surface area contributed by atoms with Gasteiger partial charge in [0.15, 0.2) is 5.54 Å². The summed E-state index contributed by atoms with van der Waals surface area (Å²) < 4.78 is 68.8. The molecule has 0 saturated heterocycles. The number of carbonyl (C=O) groups is 1. The van der Waals surface area contributed by atoms with Crippen molar-refractivity contribution >= 4 is 29.2 Å². The number of nitrogens with one attached hydrogen (secondary N) is 1. The second-order valence-electron chi connectivity index (χ2n) is 6.24. The molecule has 1 atom stereocenters. The zero-order valence-electron chi connectivity index (χ0n) is 15.6. The maximum absolute atomic E-state index is 14.4. The van der Waals surface area contributed by atoms with Crippen LogP contribution in [0.5, 0.6) is 11.6 Å². The summed E-state index contributed by atoms with van der Waals surface area (Å²) in [6, 6.07) is 4.15. The largest absolute Gasteiger partial charge is 0.461 e. The Morgan fingerprint density at radius 3 is 2.81 bits per heavy atom. The molecule has 2 aromatic rings. The lowest BCUT2D eigenvalue weighted by Gasteiger charge is -2.33. The van der Waals surface area contributed by atoms with Crippen LogP contribution < -0.4 is 20.5 Å². The number of benzene rings is 1. The van der Waals surface area contributed by atoms with E-state index in [1.54, 1.807) is 0 Å². The Labute approximate surface area is 178 Å². The molecule has 1 amide bonds. The highest BCUT2D eigenvalue weighted by Crippen LogP contribution is 2.38.